The van der Waals surface area contributed by atoms with Crippen LogP contribution in [0.2, 0.25) is 0 Å². The van der Waals surface area contributed by atoms with Crippen molar-refractivity contribution in [1.29, 1.82) is 0 Å². The van der Waals surface area contributed by atoms with Gasteiger partial charge in [0, 0.05) is 12.4 Å². The van der Waals surface area contributed by atoms with E-state index in [1.54, 1.807) is 30.6 Å². The van der Waals surface area contributed by atoms with Crippen LogP contribution in [0.1, 0.15) is 10.4 Å². The van der Waals surface area contributed by atoms with Gasteiger partial charge < -0.3 is 11.1 Å². The summed E-state index contributed by atoms with van der Waals surface area (Å²) in [5.74, 6) is -0.260. The first kappa shape index (κ1) is 11.4. The minimum absolute atomic E-state index is 0.171. The highest BCUT2D eigenvalue weighted by atomic mass is 32.1. The van der Waals surface area contributed by atoms with E-state index in [1.165, 1.54) is 0 Å². The maximum Gasteiger partial charge on any atom is 0.253 e. The van der Waals surface area contributed by atoms with E-state index >= 15 is 0 Å². The number of benzene rings is 1. The highest BCUT2D eigenvalue weighted by Gasteiger charge is 2.10. The molecule has 0 radical (unpaired) electrons. The van der Waals surface area contributed by atoms with E-state index in [0.717, 1.165) is 0 Å². The van der Waals surface area contributed by atoms with E-state index in [-0.39, 0.29) is 17.4 Å². The third-order valence-corrected chi connectivity index (χ3v) is 2.31. The predicted molar refractivity (Wildman–Crippen MR) is 68.7 cm³/mol. The third kappa shape index (κ3) is 2.54. The molecule has 0 atom stereocenters. The number of para-hydroxylation sites is 1. The van der Waals surface area contributed by atoms with Crippen LogP contribution >= 0.6 is 12.2 Å². The molecule has 0 bridgehead atoms. The van der Waals surface area contributed by atoms with Crippen LogP contribution in [0.3, 0.4) is 0 Å². The SMILES string of the molecule is NC(=S)CNC(=O)c1cccc2nccnc12. The number of hydrogen-bond acceptors (Lipinski definition) is 4. The van der Waals surface area contributed by atoms with Gasteiger partial charge in [-0.25, -0.2) is 0 Å². The molecule has 0 saturated carbocycles. The van der Waals surface area contributed by atoms with Gasteiger partial charge in [0.05, 0.1) is 22.6 Å². The smallest absolute Gasteiger partial charge is 0.253 e. The molecule has 2 rings (SSSR count). The van der Waals surface area contributed by atoms with Crippen molar-refractivity contribution < 1.29 is 4.79 Å². The maximum atomic E-state index is 11.9. The minimum Gasteiger partial charge on any atom is -0.392 e. The van der Waals surface area contributed by atoms with Crippen molar-refractivity contribution in [2.75, 3.05) is 6.54 Å². The van der Waals surface area contributed by atoms with Gasteiger partial charge in [-0.1, -0.05) is 18.3 Å². The summed E-state index contributed by atoms with van der Waals surface area (Å²) in [6, 6.07) is 5.24. The van der Waals surface area contributed by atoms with Gasteiger partial charge in [-0.15, -0.1) is 0 Å². The Kier molecular flexibility index (Phi) is 3.24. The first-order valence-corrected chi connectivity index (χ1v) is 5.35. The summed E-state index contributed by atoms with van der Waals surface area (Å²) in [7, 11) is 0. The molecule has 6 heteroatoms. The number of carbonyl (C=O) groups excluding carboxylic acids is 1. The lowest BCUT2D eigenvalue weighted by Crippen LogP contribution is -2.32. The Bertz CT molecular complexity index is 579. The zero-order chi connectivity index (χ0) is 12.3. The molecule has 86 valence electrons. The van der Waals surface area contributed by atoms with Crippen molar-refractivity contribution in [2.24, 2.45) is 5.73 Å². The average molecular weight is 246 g/mol. The highest BCUT2D eigenvalue weighted by Crippen LogP contribution is 2.13. The molecule has 1 amide bonds. The molecule has 0 fully saturated rings. The summed E-state index contributed by atoms with van der Waals surface area (Å²) < 4.78 is 0. The number of fused-ring (bicyclic) bond motifs is 1. The molecule has 0 aliphatic heterocycles. The molecule has 2 aromatic rings. The number of hydrogen-bond donors (Lipinski definition) is 2. The zero-order valence-electron chi connectivity index (χ0n) is 8.88. The van der Waals surface area contributed by atoms with Crippen LogP contribution in [0.4, 0.5) is 0 Å². The standard InChI is InChI=1S/C11H10N4OS/c12-9(17)6-15-11(16)7-2-1-3-8-10(7)14-5-4-13-8/h1-5H,6H2,(H2,12,17)(H,15,16). The van der Waals surface area contributed by atoms with Gasteiger partial charge in [0.1, 0.15) is 5.52 Å². The molecule has 0 unspecified atom stereocenters. The molecule has 0 saturated heterocycles. The predicted octanol–water partition coefficient (Wildman–Crippen LogP) is 0.646. The third-order valence-electron chi connectivity index (χ3n) is 2.17. The molecular weight excluding hydrogens is 236 g/mol. The Hall–Kier alpha value is -2.08. The van der Waals surface area contributed by atoms with Crippen molar-refractivity contribution in [3.8, 4) is 0 Å². The van der Waals surface area contributed by atoms with Gasteiger partial charge in [0.25, 0.3) is 5.91 Å². The Balaban J connectivity index is 2.35. The molecule has 1 heterocycles. The first-order valence-electron chi connectivity index (χ1n) is 4.94. The maximum absolute atomic E-state index is 11.9. The van der Waals surface area contributed by atoms with E-state index < -0.39 is 0 Å². The van der Waals surface area contributed by atoms with E-state index in [1.807, 2.05) is 0 Å². The Morgan fingerprint density at radius 2 is 2.12 bits per heavy atom. The lowest BCUT2D eigenvalue weighted by molar-refractivity contribution is 0.0961. The van der Waals surface area contributed by atoms with E-state index in [9.17, 15) is 4.79 Å². The quantitative estimate of drug-likeness (QED) is 0.777. The number of amides is 1. The zero-order valence-corrected chi connectivity index (χ0v) is 9.70. The number of nitrogens with one attached hydrogen (secondary N) is 1. The Morgan fingerprint density at radius 1 is 1.35 bits per heavy atom. The van der Waals surface area contributed by atoms with Gasteiger partial charge >= 0.3 is 0 Å². The summed E-state index contributed by atoms with van der Waals surface area (Å²) in [5, 5.41) is 2.62. The molecule has 17 heavy (non-hydrogen) atoms. The normalized spacial score (nSPS) is 10.1. The number of rotatable bonds is 3. The van der Waals surface area contributed by atoms with Gasteiger partial charge in [0.15, 0.2) is 0 Å². The van der Waals surface area contributed by atoms with E-state index in [0.29, 0.717) is 16.6 Å². The molecule has 3 N–H and O–H groups in total. The van der Waals surface area contributed by atoms with Crippen LogP contribution in [-0.4, -0.2) is 27.4 Å². The number of thiocarbonyl (C=S) groups is 1. The largest absolute Gasteiger partial charge is 0.392 e. The van der Waals surface area contributed by atoms with Crippen LogP contribution in [0.5, 0.6) is 0 Å². The van der Waals surface area contributed by atoms with Crippen molar-refractivity contribution >= 4 is 34.1 Å². The minimum atomic E-state index is -0.260. The van der Waals surface area contributed by atoms with Crippen molar-refractivity contribution in [3.05, 3.63) is 36.2 Å². The van der Waals surface area contributed by atoms with E-state index in [4.69, 9.17) is 18.0 Å². The van der Waals surface area contributed by atoms with Crippen LogP contribution in [-0.2, 0) is 0 Å². The van der Waals surface area contributed by atoms with Crippen LogP contribution < -0.4 is 11.1 Å². The lowest BCUT2D eigenvalue weighted by atomic mass is 10.1. The van der Waals surface area contributed by atoms with Crippen molar-refractivity contribution in [3.63, 3.8) is 0 Å². The summed E-state index contributed by atoms with van der Waals surface area (Å²) in [6.45, 7) is 0.171. The topological polar surface area (TPSA) is 80.9 Å². The monoisotopic (exact) mass is 246 g/mol. The second-order valence-corrected chi connectivity index (χ2v) is 3.90. The lowest BCUT2D eigenvalue weighted by Gasteiger charge is -2.05. The van der Waals surface area contributed by atoms with Crippen LogP contribution in [0, 0.1) is 0 Å². The fraction of sp³-hybridized carbons (Fsp3) is 0.0909. The van der Waals surface area contributed by atoms with Crippen LogP contribution in [0.15, 0.2) is 30.6 Å². The fourth-order valence-corrected chi connectivity index (χ4v) is 1.51. The fourth-order valence-electron chi connectivity index (χ4n) is 1.44. The second kappa shape index (κ2) is 4.84. The summed E-state index contributed by atoms with van der Waals surface area (Å²) >= 11 is 4.69. The average Bonchev–Trinajstić information content (AvgIpc) is 2.35. The van der Waals surface area contributed by atoms with Crippen molar-refractivity contribution in [2.45, 2.75) is 0 Å². The summed E-state index contributed by atoms with van der Waals surface area (Å²) in [5.41, 5.74) is 7.03. The Morgan fingerprint density at radius 3 is 2.88 bits per heavy atom. The Labute approximate surface area is 103 Å². The molecule has 0 aliphatic carbocycles. The highest BCUT2D eigenvalue weighted by molar-refractivity contribution is 7.80. The van der Waals surface area contributed by atoms with Crippen LogP contribution in [0.25, 0.3) is 11.0 Å². The van der Waals surface area contributed by atoms with E-state index in [2.05, 4.69) is 15.3 Å². The molecule has 0 spiro atoms. The van der Waals surface area contributed by atoms with Crippen molar-refractivity contribution in [1.82, 2.24) is 15.3 Å². The number of aromatic nitrogens is 2. The van der Waals surface area contributed by atoms with Gasteiger partial charge in [-0.2, -0.15) is 0 Å². The van der Waals surface area contributed by atoms with Gasteiger partial charge in [-0.05, 0) is 12.1 Å². The van der Waals surface area contributed by atoms with Gasteiger partial charge in [-0.3, -0.25) is 14.8 Å². The van der Waals surface area contributed by atoms with Gasteiger partial charge in [0.2, 0.25) is 0 Å². The number of nitrogens with zero attached hydrogens (tertiary/aromatic N) is 2. The molecule has 0 aliphatic rings. The second-order valence-electron chi connectivity index (χ2n) is 3.38. The number of carbonyl (C=O) groups is 1. The molecule has 5 nitrogen and oxygen atoms in total. The summed E-state index contributed by atoms with van der Waals surface area (Å²) in [4.78, 5) is 20.4. The molecule has 1 aromatic heterocycles. The first-order chi connectivity index (χ1) is 8.18. The summed E-state index contributed by atoms with van der Waals surface area (Å²) in [6.07, 6.45) is 3.13. The molecular formula is C11H10N4OS. The number of nitrogens with two attached hydrogens (primary N) is 1. The molecule has 1 aromatic carbocycles.